The Morgan fingerprint density at radius 1 is 1.16 bits per heavy atom. The normalized spacial score (nSPS) is 11.5. The molecule has 0 aliphatic carbocycles. The second kappa shape index (κ2) is 7.92. The van der Waals surface area contributed by atoms with E-state index in [-0.39, 0.29) is 4.90 Å². The molecule has 0 radical (unpaired) electrons. The van der Waals surface area contributed by atoms with E-state index in [4.69, 9.17) is 21.1 Å². The van der Waals surface area contributed by atoms with E-state index in [2.05, 4.69) is 5.32 Å². The van der Waals surface area contributed by atoms with Crippen LogP contribution in [0.1, 0.15) is 0 Å². The molecule has 0 heterocycles. The molecule has 6 nitrogen and oxygen atoms in total. The lowest BCUT2D eigenvalue weighted by Gasteiger charge is -2.07. The molecule has 8 heteroatoms. The lowest BCUT2D eigenvalue weighted by molar-refractivity contribution is 0.414. The number of methoxy groups -OCH3 is 2. The molecule has 0 aliphatic heterocycles. The van der Waals surface area contributed by atoms with Crippen molar-refractivity contribution in [1.82, 2.24) is 0 Å². The lowest BCUT2D eigenvalue weighted by Crippen LogP contribution is -2.05. The highest BCUT2D eigenvalue weighted by molar-refractivity contribution is 7.95. The molecule has 0 fully saturated rings. The van der Waals surface area contributed by atoms with Crippen LogP contribution in [-0.2, 0) is 9.84 Å². The van der Waals surface area contributed by atoms with E-state index in [1.807, 2.05) is 0 Å². The van der Waals surface area contributed by atoms with Gasteiger partial charge in [0.25, 0.3) is 0 Å². The third kappa shape index (κ3) is 4.24. The minimum atomic E-state index is -3.94. The predicted molar refractivity (Wildman–Crippen MR) is 95.5 cm³/mol. The van der Waals surface area contributed by atoms with Crippen LogP contribution in [0, 0.1) is 11.3 Å². The molecule has 0 saturated carbocycles. The van der Waals surface area contributed by atoms with Gasteiger partial charge in [0.05, 0.1) is 24.1 Å². The van der Waals surface area contributed by atoms with E-state index < -0.39 is 14.7 Å². The first-order valence-electron chi connectivity index (χ1n) is 7.02. The SMILES string of the molecule is COc1ccc(S(=O)(=O)/C(C#N)=C\Nc2ccc(OC)c(Cl)c2)cc1. The first kappa shape index (κ1) is 18.6. The molecule has 0 atom stereocenters. The Morgan fingerprint density at radius 3 is 2.36 bits per heavy atom. The van der Waals surface area contributed by atoms with E-state index in [9.17, 15) is 13.7 Å². The summed E-state index contributed by atoms with van der Waals surface area (Å²) in [4.78, 5) is -0.430. The molecule has 130 valence electrons. The molecule has 0 unspecified atom stereocenters. The van der Waals surface area contributed by atoms with Gasteiger partial charge in [-0.3, -0.25) is 0 Å². The molecule has 1 N–H and O–H groups in total. The predicted octanol–water partition coefficient (Wildman–Crippen LogP) is 3.61. The molecular formula is C17H15ClN2O4S. The fraction of sp³-hybridized carbons (Fsp3) is 0.118. The largest absolute Gasteiger partial charge is 0.497 e. The molecule has 2 rings (SSSR count). The molecule has 0 amide bonds. The summed E-state index contributed by atoms with van der Waals surface area (Å²) in [7, 11) is -0.975. The highest BCUT2D eigenvalue weighted by Crippen LogP contribution is 2.28. The third-order valence-electron chi connectivity index (χ3n) is 3.29. The zero-order valence-electron chi connectivity index (χ0n) is 13.5. The van der Waals surface area contributed by atoms with Gasteiger partial charge in [0.1, 0.15) is 17.6 Å². The summed E-state index contributed by atoms with van der Waals surface area (Å²) in [6, 6.07) is 12.3. The third-order valence-corrected chi connectivity index (χ3v) is 5.27. The van der Waals surface area contributed by atoms with Gasteiger partial charge in [0.15, 0.2) is 4.91 Å². The van der Waals surface area contributed by atoms with Crippen LogP contribution < -0.4 is 14.8 Å². The maximum absolute atomic E-state index is 12.5. The van der Waals surface area contributed by atoms with Crippen molar-refractivity contribution in [2.24, 2.45) is 0 Å². The smallest absolute Gasteiger partial charge is 0.218 e. The van der Waals surface area contributed by atoms with Crippen LogP contribution in [0.3, 0.4) is 0 Å². The molecule has 2 aromatic rings. The van der Waals surface area contributed by atoms with Crippen LogP contribution in [-0.4, -0.2) is 22.6 Å². The number of halogens is 1. The Kier molecular flexibility index (Phi) is 5.91. The van der Waals surface area contributed by atoms with Gasteiger partial charge in [-0.2, -0.15) is 5.26 Å². The van der Waals surface area contributed by atoms with Crippen molar-refractivity contribution in [3.05, 3.63) is 58.6 Å². The second-order valence-electron chi connectivity index (χ2n) is 4.79. The average Bonchev–Trinajstić information content (AvgIpc) is 2.62. The molecule has 0 bridgehead atoms. The number of sulfone groups is 1. The number of nitriles is 1. The van der Waals surface area contributed by atoms with E-state index >= 15 is 0 Å². The molecule has 0 aromatic heterocycles. The lowest BCUT2D eigenvalue weighted by atomic mass is 10.3. The fourth-order valence-electron chi connectivity index (χ4n) is 1.96. The van der Waals surface area contributed by atoms with E-state index in [0.717, 1.165) is 6.20 Å². The Hall–Kier alpha value is -2.69. The van der Waals surface area contributed by atoms with Gasteiger partial charge in [-0.15, -0.1) is 0 Å². The monoisotopic (exact) mass is 378 g/mol. The summed E-state index contributed by atoms with van der Waals surface area (Å²) in [6.07, 6.45) is 1.12. The van der Waals surface area contributed by atoms with Crippen molar-refractivity contribution in [3.8, 4) is 17.6 Å². The molecule has 0 spiro atoms. The summed E-state index contributed by atoms with van der Waals surface area (Å²) in [6.45, 7) is 0. The van der Waals surface area contributed by atoms with E-state index in [1.54, 1.807) is 24.3 Å². The van der Waals surface area contributed by atoms with Gasteiger partial charge < -0.3 is 14.8 Å². The van der Waals surface area contributed by atoms with Gasteiger partial charge in [-0.25, -0.2) is 8.42 Å². The minimum absolute atomic E-state index is 0.00402. The average molecular weight is 379 g/mol. The summed E-state index contributed by atoms with van der Waals surface area (Å²) in [5.74, 6) is 1.01. The number of rotatable bonds is 6. The maximum Gasteiger partial charge on any atom is 0.218 e. The number of nitrogens with zero attached hydrogens (tertiary/aromatic N) is 1. The summed E-state index contributed by atoms with van der Waals surface area (Å²) < 4.78 is 35.1. The van der Waals surface area contributed by atoms with Gasteiger partial charge in [0, 0.05) is 11.9 Å². The summed E-state index contributed by atoms with van der Waals surface area (Å²) >= 11 is 6.01. The van der Waals surface area contributed by atoms with E-state index in [0.29, 0.717) is 22.2 Å². The van der Waals surface area contributed by atoms with Crippen LogP contribution in [0.5, 0.6) is 11.5 Å². The van der Waals surface area contributed by atoms with Crippen LogP contribution in [0.15, 0.2) is 58.5 Å². The second-order valence-corrected chi connectivity index (χ2v) is 7.12. The Morgan fingerprint density at radius 2 is 1.84 bits per heavy atom. The quantitative estimate of drug-likeness (QED) is 0.772. The number of nitrogens with one attached hydrogen (secondary N) is 1. The van der Waals surface area contributed by atoms with Crippen molar-refractivity contribution >= 4 is 27.1 Å². The minimum Gasteiger partial charge on any atom is -0.497 e. The standard InChI is InChI=1S/C17H15ClN2O4S/c1-23-13-4-6-14(7-5-13)25(21,22)15(10-19)11-20-12-3-8-17(24-2)16(18)9-12/h3-9,11,20H,1-2H3/b15-11-. The molecule has 0 saturated heterocycles. The Balaban J connectivity index is 2.29. The Bertz CT molecular complexity index is 932. The number of hydrogen-bond donors (Lipinski definition) is 1. The summed E-state index contributed by atoms with van der Waals surface area (Å²) in [5.41, 5.74) is 0.517. The molecule has 0 aliphatic rings. The zero-order valence-corrected chi connectivity index (χ0v) is 15.1. The van der Waals surface area contributed by atoms with Crippen molar-refractivity contribution < 1.29 is 17.9 Å². The summed E-state index contributed by atoms with van der Waals surface area (Å²) in [5, 5.41) is 12.3. The first-order valence-corrected chi connectivity index (χ1v) is 8.88. The highest BCUT2D eigenvalue weighted by atomic mass is 35.5. The highest BCUT2D eigenvalue weighted by Gasteiger charge is 2.20. The van der Waals surface area contributed by atoms with E-state index in [1.165, 1.54) is 38.5 Å². The van der Waals surface area contributed by atoms with Crippen LogP contribution in [0.2, 0.25) is 5.02 Å². The molecule has 2 aromatic carbocycles. The zero-order chi connectivity index (χ0) is 18.4. The molecular weight excluding hydrogens is 364 g/mol. The number of allylic oxidation sites excluding steroid dienone is 1. The van der Waals surface area contributed by atoms with Crippen LogP contribution in [0.25, 0.3) is 0 Å². The van der Waals surface area contributed by atoms with Crippen molar-refractivity contribution in [3.63, 3.8) is 0 Å². The van der Waals surface area contributed by atoms with Crippen molar-refractivity contribution in [2.45, 2.75) is 4.90 Å². The number of benzene rings is 2. The van der Waals surface area contributed by atoms with Gasteiger partial charge in [-0.05, 0) is 42.5 Å². The van der Waals surface area contributed by atoms with Crippen LogP contribution >= 0.6 is 11.6 Å². The number of anilines is 1. The van der Waals surface area contributed by atoms with Crippen LogP contribution in [0.4, 0.5) is 5.69 Å². The Labute approximate surface area is 151 Å². The first-order chi connectivity index (χ1) is 11.9. The van der Waals surface area contributed by atoms with Crippen molar-refractivity contribution in [1.29, 1.82) is 5.26 Å². The van der Waals surface area contributed by atoms with Gasteiger partial charge in [-0.1, -0.05) is 11.6 Å². The topological polar surface area (TPSA) is 88.4 Å². The van der Waals surface area contributed by atoms with Crippen molar-refractivity contribution in [2.75, 3.05) is 19.5 Å². The van der Waals surface area contributed by atoms with Gasteiger partial charge >= 0.3 is 0 Å². The molecule has 25 heavy (non-hydrogen) atoms. The van der Waals surface area contributed by atoms with Gasteiger partial charge in [0.2, 0.25) is 9.84 Å². The maximum atomic E-state index is 12.5. The number of hydrogen-bond acceptors (Lipinski definition) is 6. The fourth-order valence-corrected chi connectivity index (χ4v) is 3.30. The number of ether oxygens (including phenoxy) is 2.